The monoisotopic (exact) mass is 277 g/mol. The molecule has 1 N–H and O–H groups in total. The first kappa shape index (κ1) is 11.7. The molecule has 78 valence electrons. The Balaban J connectivity index is 2.41. The van der Waals surface area contributed by atoms with Gasteiger partial charge < -0.3 is 5.32 Å². The van der Waals surface area contributed by atoms with Crippen LogP contribution in [0.5, 0.6) is 0 Å². The molecular weight excluding hydrogens is 265 g/mol. The smallest absolute Gasteiger partial charge is 0.143 e. The minimum atomic E-state index is 0.155. The van der Waals surface area contributed by atoms with Crippen molar-refractivity contribution in [2.75, 3.05) is 11.9 Å². The number of hydrogen-bond acceptors (Lipinski definition) is 3. The molecule has 0 aliphatic rings. The maximum absolute atomic E-state index is 6.06. The fraction of sp³-hybridized carbons (Fsp3) is 0.556. The lowest BCUT2D eigenvalue weighted by molar-refractivity contribution is 0.750. The van der Waals surface area contributed by atoms with E-state index in [4.69, 9.17) is 11.6 Å². The first-order valence-corrected chi connectivity index (χ1v) is 5.80. The van der Waals surface area contributed by atoms with Gasteiger partial charge in [0, 0.05) is 12.7 Å². The molecule has 1 heterocycles. The number of nitrogens with one attached hydrogen (secondary N) is 1. The molecule has 0 radical (unpaired) electrons. The third-order valence-corrected chi connectivity index (χ3v) is 2.71. The highest BCUT2D eigenvalue weighted by molar-refractivity contribution is 9.10. The molecule has 0 aliphatic carbocycles. The van der Waals surface area contributed by atoms with Crippen LogP contribution in [0.3, 0.4) is 0 Å². The molecule has 0 saturated carbocycles. The van der Waals surface area contributed by atoms with Gasteiger partial charge in [-0.05, 0) is 22.4 Å². The summed E-state index contributed by atoms with van der Waals surface area (Å²) in [7, 11) is 0. The van der Waals surface area contributed by atoms with Gasteiger partial charge in [0.15, 0.2) is 0 Å². The van der Waals surface area contributed by atoms with E-state index in [1.807, 2.05) is 0 Å². The van der Waals surface area contributed by atoms with Gasteiger partial charge in [0.05, 0.1) is 9.85 Å². The molecule has 0 amide bonds. The third-order valence-electron chi connectivity index (χ3n) is 1.76. The summed E-state index contributed by atoms with van der Waals surface area (Å²) in [5.41, 5.74) is 0. The van der Waals surface area contributed by atoms with Gasteiger partial charge in [-0.3, -0.25) is 0 Å². The van der Waals surface area contributed by atoms with E-state index in [0.29, 0.717) is 0 Å². The highest BCUT2D eigenvalue weighted by Gasteiger charge is 2.05. The van der Waals surface area contributed by atoms with E-state index in [9.17, 15) is 0 Å². The maximum Gasteiger partial charge on any atom is 0.143 e. The normalized spacial score (nSPS) is 12.5. The van der Waals surface area contributed by atoms with E-state index >= 15 is 0 Å². The van der Waals surface area contributed by atoms with E-state index < -0.39 is 0 Å². The Kier molecular flexibility index (Phi) is 5.19. The van der Waals surface area contributed by atoms with E-state index in [1.165, 1.54) is 6.33 Å². The second-order valence-corrected chi connectivity index (χ2v) is 4.46. The molecule has 14 heavy (non-hydrogen) atoms. The van der Waals surface area contributed by atoms with E-state index in [0.717, 1.165) is 29.7 Å². The van der Waals surface area contributed by atoms with Crippen molar-refractivity contribution in [2.24, 2.45) is 0 Å². The van der Waals surface area contributed by atoms with Gasteiger partial charge in [-0.15, -0.1) is 11.6 Å². The van der Waals surface area contributed by atoms with Crippen molar-refractivity contribution < 1.29 is 0 Å². The van der Waals surface area contributed by atoms with Crippen LogP contribution in [0.2, 0.25) is 0 Å². The Morgan fingerprint density at radius 1 is 1.64 bits per heavy atom. The predicted octanol–water partition coefficient (Wildman–Crippen LogP) is 3.06. The molecule has 1 aromatic heterocycles. The van der Waals surface area contributed by atoms with Gasteiger partial charge in [-0.25, -0.2) is 9.97 Å². The lowest BCUT2D eigenvalue weighted by atomic mass is 10.2. The average Bonchev–Trinajstić information content (AvgIpc) is 2.17. The van der Waals surface area contributed by atoms with E-state index in [1.54, 1.807) is 6.20 Å². The number of hydrogen-bond donors (Lipinski definition) is 1. The van der Waals surface area contributed by atoms with Crippen LogP contribution < -0.4 is 5.32 Å². The summed E-state index contributed by atoms with van der Waals surface area (Å²) in [5.74, 6) is 0.793. The molecule has 0 aromatic carbocycles. The molecular formula is C9H13BrClN3. The number of halogens is 2. The van der Waals surface area contributed by atoms with E-state index in [2.05, 4.69) is 38.1 Å². The van der Waals surface area contributed by atoms with E-state index in [-0.39, 0.29) is 5.38 Å². The zero-order valence-corrected chi connectivity index (χ0v) is 10.3. The van der Waals surface area contributed by atoms with Crippen LogP contribution in [0.15, 0.2) is 17.0 Å². The maximum atomic E-state index is 6.06. The molecule has 1 atom stereocenters. The van der Waals surface area contributed by atoms with Crippen molar-refractivity contribution in [1.82, 2.24) is 9.97 Å². The first-order valence-electron chi connectivity index (χ1n) is 4.57. The Hall–Kier alpha value is -0.350. The molecule has 5 heteroatoms. The van der Waals surface area contributed by atoms with Crippen molar-refractivity contribution in [2.45, 2.75) is 25.1 Å². The molecule has 0 bridgehead atoms. The second-order valence-electron chi connectivity index (χ2n) is 2.99. The summed E-state index contributed by atoms with van der Waals surface area (Å²) in [5, 5.41) is 3.32. The fourth-order valence-corrected chi connectivity index (χ4v) is 1.72. The summed E-state index contributed by atoms with van der Waals surface area (Å²) in [6.07, 6.45) is 5.33. The largest absolute Gasteiger partial charge is 0.368 e. The summed E-state index contributed by atoms with van der Waals surface area (Å²) in [6, 6.07) is 0. The molecule has 0 aliphatic heterocycles. The van der Waals surface area contributed by atoms with Gasteiger partial charge in [0.1, 0.15) is 12.1 Å². The van der Waals surface area contributed by atoms with Gasteiger partial charge in [0.2, 0.25) is 0 Å². The average molecular weight is 279 g/mol. The van der Waals surface area contributed by atoms with Gasteiger partial charge in [-0.2, -0.15) is 0 Å². The number of nitrogens with zero attached hydrogens (tertiary/aromatic N) is 2. The van der Waals surface area contributed by atoms with Gasteiger partial charge in [-0.1, -0.05) is 13.3 Å². The molecule has 0 spiro atoms. The summed E-state index contributed by atoms with van der Waals surface area (Å²) in [6.45, 7) is 2.85. The van der Waals surface area contributed by atoms with Crippen LogP contribution in [-0.2, 0) is 0 Å². The quantitative estimate of drug-likeness (QED) is 0.841. The SMILES string of the molecule is CCCC(Cl)CNc1ncncc1Br. The molecule has 3 nitrogen and oxygen atoms in total. The number of alkyl halides is 1. The van der Waals surface area contributed by atoms with Crippen LogP contribution in [-0.4, -0.2) is 21.9 Å². The van der Waals surface area contributed by atoms with Crippen LogP contribution in [0.25, 0.3) is 0 Å². The predicted molar refractivity (Wildman–Crippen MR) is 62.8 cm³/mol. The van der Waals surface area contributed by atoms with Crippen LogP contribution in [0.1, 0.15) is 19.8 Å². The fourth-order valence-electron chi connectivity index (χ4n) is 1.07. The van der Waals surface area contributed by atoms with Crippen LogP contribution in [0, 0.1) is 0 Å². The highest BCUT2D eigenvalue weighted by atomic mass is 79.9. The summed E-state index contributed by atoms with van der Waals surface area (Å²) < 4.78 is 0.861. The Bertz CT molecular complexity index is 283. The number of aromatic nitrogens is 2. The molecule has 1 rings (SSSR count). The minimum Gasteiger partial charge on any atom is -0.368 e. The first-order chi connectivity index (χ1) is 6.74. The van der Waals surface area contributed by atoms with Crippen molar-refractivity contribution >= 4 is 33.3 Å². The van der Waals surface area contributed by atoms with Crippen molar-refractivity contribution in [3.8, 4) is 0 Å². The highest BCUT2D eigenvalue weighted by Crippen LogP contribution is 2.17. The molecule has 1 unspecified atom stereocenters. The Morgan fingerprint density at radius 2 is 2.43 bits per heavy atom. The zero-order valence-electron chi connectivity index (χ0n) is 8.00. The lowest BCUT2D eigenvalue weighted by Gasteiger charge is -2.10. The lowest BCUT2D eigenvalue weighted by Crippen LogP contribution is -2.14. The van der Waals surface area contributed by atoms with Gasteiger partial charge >= 0.3 is 0 Å². The van der Waals surface area contributed by atoms with Crippen LogP contribution in [0.4, 0.5) is 5.82 Å². The Labute approximate surface area is 97.4 Å². The van der Waals surface area contributed by atoms with Crippen molar-refractivity contribution in [3.05, 3.63) is 17.0 Å². The summed E-state index contributed by atoms with van der Waals surface area (Å²) in [4.78, 5) is 7.96. The number of rotatable bonds is 5. The molecule has 1 aromatic rings. The third kappa shape index (κ3) is 3.80. The van der Waals surface area contributed by atoms with Crippen molar-refractivity contribution in [1.29, 1.82) is 0 Å². The van der Waals surface area contributed by atoms with Crippen LogP contribution >= 0.6 is 27.5 Å². The Morgan fingerprint density at radius 3 is 3.07 bits per heavy atom. The minimum absolute atomic E-state index is 0.155. The molecule has 0 saturated heterocycles. The van der Waals surface area contributed by atoms with Crippen molar-refractivity contribution in [3.63, 3.8) is 0 Å². The standard InChI is InChI=1S/C9H13BrClN3/c1-2-3-7(11)4-13-9-8(10)5-12-6-14-9/h5-7H,2-4H2,1H3,(H,12,13,14). The topological polar surface area (TPSA) is 37.8 Å². The number of anilines is 1. The van der Waals surface area contributed by atoms with Gasteiger partial charge in [0.25, 0.3) is 0 Å². The second kappa shape index (κ2) is 6.19. The molecule has 0 fully saturated rings. The zero-order chi connectivity index (χ0) is 10.4. The summed E-state index contributed by atoms with van der Waals surface area (Å²) >= 11 is 9.42.